The van der Waals surface area contributed by atoms with Crippen LogP contribution in [0.25, 0.3) is 0 Å². The van der Waals surface area contributed by atoms with Crippen molar-refractivity contribution in [2.45, 2.75) is 6.18 Å². The number of alkyl halides is 3. The minimum atomic E-state index is -4.53. The maximum atomic E-state index is 12.5. The van der Waals surface area contributed by atoms with Crippen LogP contribution in [0.1, 0.15) is 11.3 Å². The van der Waals surface area contributed by atoms with Crippen LogP contribution < -0.4 is 0 Å². The van der Waals surface area contributed by atoms with Crippen LogP contribution in [0, 0.1) is 4.77 Å². The highest BCUT2D eigenvalue weighted by molar-refractivity contribution is 7.71. The summed E-state index contributed by atoms with van der Waals surface area (Å²) in [5.74, 6) is -0.219. The molecule has 0 atom stereocenters. The van der Waals surface area contributed by atoms with E-state index in [0.29, 0.717) is 11.0 Å². The average Bonchev–Trinajstić information content (AvgIpc) is 2.61. The van der Waals surface area contributed by atoms with Gasteiger partial charge in [-0.25, -0.2) is 9.98 Å². The average molecular weight is 351 g/mol. The third-order valence-corrected chi connectivity index (χ3v) is 3.77. The highest BCUT2D eigenvalue weighted by Crippen LogP contribution is 2.33. The predicted molar refractivity (Wildman–Crippen MR) is 78.4 cm³/mol. The molecule has 118 valence electrons. The third kappa shape index (κ3) is 3.00. The van der Waals surface area contributed by atoms with Crippen molar-refractivity contribution in [2.75, 3.05) is 0 Å². The van der Waals surface area contributed by atoms with Crippen molar-refractivity contribution in [3.63, 3.8) is 0 Å². The fourth-order valence-corrected chi connectivity index (χ4v) is 2.09. The van der Waals surface area contributed by atoms with Gasteiger partial charge in [-0.2, -0.15) is 13.2 Å². The summed E-state index contributed by atoms with van der Waals surface area (Å²) in [6, 6.07) is 0.741. The molecule has 0 spiro atoms. The van der Waals surface area contributed by atoms with E-state index in [1.165, 1.54) is 15.3 Å². The third-order valence-electron chi connectivity index (χ3n) is 2.94. The molecule has 0 unspecified atom stereocenters. The van der Waals surface area contributed by atoms with Gasteiger partial charge in [0.25, 0.3) is 0 Å². The van der Waals surface area contributed by atoms with E-state index < -0.39 is 11.7 Å². The van der Waals surface area contributed by atoms with Gasteiger partial charge in [0.15, 0.2) is 10.6 Å². The van der Waals surface area contributed by atoms with Crippen LogP contribution in [-0.2, 0) is 20.3 Å². The van der Waals surface area contributed by atoms with E-state index in [2.05, 4.69) is 9.98 Å². The molecule has 1 N–H and O–H groups in total. The van der Waals surface area contributed by atoms with Gasteiger partial charge < -0.3 is 9.67 Å². The Bertz CT molecular complexity index is 810. The molecule has 0 amide bonds. The van der Waals surface area contributed by atoms with Crippen LogP contribution >= 0.6 is 23.8 Å². The van der Waals surface area contributed by atoms with E-state index in [1.807, 2.05) is 0 Å². The second-order valence-electron chi connectivity index (χ2n) is 4.39. The monoisotopic (exact) mass is 350 g/mol. The molecule has 0 aliphatic carbocycles. The Hall–Kier alpha value is -1.87. The Balaban J connectivity index is 2.40. The first-order valence-corrected chi connectivity index (χ1v) is 6.63. The maximum absolute atomic E-state index is 12.5. The van der Waals surface area contributed by atoms with Gasteiger partial charge in [-0.05, 0) is 18.3 Å². The van der Waals surface area contributed by atoms with Crippen LogP contribution in [0.3, 0.4) is 0 Å². The second-order valence-corrected chi connectivity index (χ2v) is 5.17. The number of aliphatic imine (C=N–C) groups is 1. The van der Waals surface area contributed by atoms with Crippen molar-refractivity contribution in [3.8, 4) is 5.88 Å². The number of halogens is 4. The number of pyridine rings is 1. The van der Waals surface area contributed by atoms with Crippen LogP contribution in [0.15, 0.2) is 17.3 Å². The number of rotatable bonds is 2. The minimum absolute atomic E-state index is 0.0937. The van der Waals surface area contributed by atoms with Crippen molar-refractivity contribution in [1.82, 2.24) is 14.1 Å². The number of hydrogen-bond acceptors (Lipinski definition) is 4. The first-order valence-electron chi connectivity index (χ1n) is 5.84. The zero-order chi connectivity index (χ0) is 16.7. The van der Waals surface area contributed by atoms with E-state index >= 15 is 0 Å². The molecule has 2 aromatic heterocycles. The summed E-state index contributed by atoms with van der Waals surface area (Å²) in [5.41, 5.74) is -0.678. The Morgan fingerprint density at radius 3 is 2.45 bits per heavy atom. The van der Waals surface area contributed by atoms with Crippen LogP contribution in [0.2, 0.25) is 5.02 Å². The van der Waals surface area contributed by atoms with Crippen LogP contribution in [0.5, 0.6) is 5.88 Å². The molecule has 0 aliphatic rings. The van der Waals surface area contributed by atoms with Gasteiger partial charge in [0, 0.05) is 20.3 Å². The summed E-state index contributed by atoms with van der Waals surface area (Å²) in [6.07, 6.45) is -2.66. The van der Waals surface area contributed by atoms with Crippen molar-refractivity contribution in [2.24, 2.45) is 19.1 Å². The highest BCUT2D eigenvalue weighted by Gasteiger charge is 2.31. The Labute approximate surface area is 133 Å². The van der Waals surface area contributed by atoms with Gasteiger partial charge >= 0.3 is 6.18 Å². The van der Waals surface area contributed by atoms with E-state index in [0.717, 1.165) is 6.07 Å². The molecule has 0 saturated heterocycles. The van der Waals surface area contributed by atoms with Crippen molar-refractivity contribution < 1.29 is 18.3 Å². The van der Waals surface area contributed by atoms with E-state index in [4.69, 9.17) is 23.8 Å². The number of nitrogens with zero attached hydrogens (tertiary/aromatic N) is 4. The summed E-state index contributed by atoms with van der Waals surface area (Å²) >= 11 is 10.8. The van der Waals surface area contributed by atoms with Crippen LogP contribution in [-0.4, -0.2) is 25.4 Å². The quantitative estimate of drug-likeness (QED) is 0.665. The number of imidazole rings is 1. The SMILES string of the molecule is Cn1c(O)c(/C=N/c2ncc(C(F)(F)F)cc2Cl)n(C)c1=S. The van der Waals surface area contributed by atoms with E-state index in [1.54, 1.807) is 14.1 Å². The summed E-state index contributed by atoms with van der Waals surface area (Å²) in [4.78, 5) is 7.47. The first kappa shape index (κ1) is 16.5. The summed E-state index contributed by atoms with van der Waals surface area (Å²) in [5, 5.41) is 9.63. The van der Waals surface area contributed by atoms with Gasteiger partial charge in [0.1, 0.15) is 5.69 Å². The fraction of sp³-hybridized carbons (Fsp3) is 0.250. The molecule has 5 nitrogen and oxygen atoms in total. The summed E-state index contributed by atoms with van der Waals surface area (Å²) in [7, 11) is 3.18. The lowest BCUT2D eigenvalue weighted by atomic mass is 10.3. The van der Waals surface area contributed by atoms with Crippen LogP contribution in [0.4, 0.5) is 19.0 Å². The molecule has 0 radical (unpaired) electrons. The zero-order valence-electron chi connectivity index (χ0n) is 11.4. The zero-order valence-corrected chi connectivity index (χ0v) is 13.0. The van der Waals surface area contributed by atoms with Gasteiger partial charge in [0.05, 0.1) is 16.8 Å². The molecular weight excluding hydrogens is 341 g/mol. The van der Waals surface area contributed by atoms with Gasteiger partial charge in [0.2, 0.25) is 5.88 Å². The summed E-state index contributed by atoms with van der Waals surface area (Å²) in [6.45, 7) is 0. The Morgan fingerprint density at radius 1 is 1.36 bits per heavy atom. The van der Waals surface area contributed by atoms with Crippen molar-refractivity contribution in [1.29, 1.82) is 0 Å². The largest absolute Gasteiger partial charge is 0.493 e. The predicted octanol–water partition coefficient (Wildman–Crippen LogP) is 3.62. The molecule has 0 bridgehead atoms. The van der Waals surface area contributed by atoms with Crippen molar-refractivity contribution >= 4 is 35.9 Å². The molecule has 0 aliphatic heterocycles. The van der Waals surface area contributed by atoms with Gasteiger partial charge in [-0.3, -0.25) is 4.57 Å². The molecule has 22 heavy (non-hydrogen) atoms. The lowest BCUT2D eigenvalue weighted by Gasteiger charge is -2.06. The van der Waals surface area contributed by atoms with E-state index in [9.17, 15) is 18.3 Å². The molecule has 0 fully saturated rings. The molecule has 10 heteroatoms. The second kappa shape index (κ2) is 5.73. The Kier molecular flexibility index (Phi) is 4.30. The van der Waals surface area contributed by atoms with Gasteiger partial charge in [-0.1, -0.05) is 11.6 Å². The lowest BCUT2D eigenvalue weighted by Crippen LogP contribution is -2.05. The smallest absolute Gasteiger partial charge is 0.417 e. The molecule has 2 aromatic rings. The molecule has 0 saturated carbocycles. The van der Waals surface area contributed by atoms with Gasteiger partial charge in [-0.15, -0.1) is 0 Å². The number of hydrogen-bond donors (Lipinski definition) is 1. The molecular formula is C12H10ClF3N4OS. The number of aromatic hydroxyl groups is 1. The Morgan fingerprint density at radius 2 is 2.00 bits per heavy atom. The summed E-state index contributed by atoms with van der Waals surface area (Å²) < 4.78 is 40.8. The molecule has 2 heterocycles. The lowest BCUT2D eigenvalue weighted by molar-refractivity contribution is -0.137. The molecule has 0 aromatic carbocycles. The van der Waals surface area contributed by atoms with Crippen molar-refractivity contribution in [3.05, 3.63) is 33.3 Å². The topological polar surface area (TPSA) is 55.3 Å². The maximum Gasteiger partial charge on any atom is 0.417 e. The molecule has 2 rings (SSSR count). The highest BCUT2D eigenvalue weighted by atomic mass is 35.5. The first-order chi connectivity index (χ1) is 10.1. The standard InChI is InChI=1S/C12H10ClF3N4OS/c1-19-8(10(21)20(2)11(19)22)5-18-9-7(13)3-6(4-17-9)12(14,15)16/h3-5,21H,1-2H3/b18-5+. The number of aromatic nitrogens is 3. The normalized spacial score (nSPS) is 12.3. The minimum Gasteiger partial charge on any atom is -0.493 e. The fourth-order valence-electron chi connectivity index (χ4n) is 1.69. The van der Waals surface area contributed by atoms with E-state index in [-0.39, 0.29) is 22.4 Å².